The molecule has 1 atom stereocenters. The van der Waals surface area contributed by atoms with Crippen LogP contribution >= 0.6 is 11.8 Å². The molecule has 0 saturated heterocycles. The fraction of sp³-hybridized carbons (Fsp3) is 0.211. The lowest BCUT2D eigenvalue weighted by Gasteiger charge is -2.14. The van der Waals surface area contributed by atoms with Gasteiger partial charge in [-0.2, -0.15) is 0 Å². The van der Waals surface area contributed by atoms with E-state index in [0.29, 0.717) is 17.5 Å². The van der Waals surface area contributed by atoms with Crippen molar-refractivity contribution >= 4 is 17.7 Å². The van der Waals surface area contributed by atoms with Crippen LogP contribution in [0, 0.1) is 0 Å². The minimum Gasteiger partial charge on any atom is -0.549 e. The van der Waals surface area contributed by atoms with E-state index in [-0.39, 0.29) is 6.61 Å². The molecule has 0 spiro atoms. The number of carboxylic acid groups (broad SMARTS) is 1. The number of carbonyl (C=O) groups excluding carboxylic acids is 1. The van der Waals surface area contributed by atoms with E-state index in [1.165, 1.54) is 0 Å². The first kappa shape index (κ1) is 18.0. The molecule has 1 heterocycles. The SMILES string of the molecule is C[C@@H](Sc1nnc(COc2ccccc2)n1Cc1ccccc1)C(=O)[O-]. The Kier molecular flexibility index (Phi) is 5.91. The van der Waals surface area contributed by atoms with E-state index in [0.717, 1.165) is 23.1 Å². The summed E-state index contributed by atoms with van der Waals surface area (Å²) in [6.45, 7) is 2.34. The van der Waals surface area contributed by atoms with Crippen molar-refractivity contribution in [3.05, 3.63) is 72.1 Å². The van der Waals surface area contributed by atoms with E-state index in [4.69, 9.17) is 4.74 Å². The first-order chi connectivity index (χ1) is 12.6. The number of rotatable bonds is 8. The molecule has 0 aliphatic rings. The second kappa shape index (κ2) is 8.53. The molecular weight excluding hydrogens is 350 g/mol. The molecule has 3 aromatic rings. The Labute approximate surface area is 155 Å². The second-order valence-corrected chi connectivity index (χ2v) is 6.96. The van der Waals surface area contributed by atoms with Crippen molar-refractivity contribution in [2.75, 3.05) is 0 Å². The van der Waals surface area contributed by atoms with E-state index in [1.54, 1.807) is 6.92 Å². The van der Waals surface area contributed by atoms with Gasteiger partial charge in [0.15, 0.2) is 11.0 Å². The zero-order valence-corrected chi connectivity index (χ0v) is 15.1. The standard InChI is InChI=1S/C19H19N3O3S/c1-14(18(23)24)26-19-21-20-17(13-25-16-10-6-3-7-11-16)22(19)12-15-8-4-2-5-9-15/h2-11,14H,12-13H2,1H3,(H,23,24)/p-1/t14-/m1/s1. The van der Waals surface area contributed by atoms with Gasteiger partial charge in [-0.05, 0) is 24.6 Å². The van der Waals surface area contributed by atoms with Gasteiger partial charge in [-0.15, -0.1) is 10.2 Å². The largest absolute Gasteiger partial charge is 0.549 e. The molecule has 26 heavy (non-hydrogen) atoms. The number of hydrogen-bond acceptors (Lipinski definition) is 6. The smallest absolute Gasteiger partial charge is 0.192 e. The number of carboxylic acids is 1. The van der Waals surface area contributed by atoms with Crippen molar-refractivity contribution in [1.29, 1.82) is 0 Å². The van der Waals surface area contributed by atoms with Crippen LogP contribution in [-0.4, -0.2) is 26.0 Å². The Morgan fingerprint density at radius 3 is 2.42 bits per heavy atom. The molecule has 1 aromatic heterocycles. The number of hydrogen-bond donors (Lipinski definition) is 0. The molecule has 0 unspecified atom stereocenters. The number of para-hydroxylation sites is 1. The number of aliphatic carboxylic acids is 1. The van der Waals surface area contributed by atoms with E-state index < -0.39 is 11.2 Å². The molecule has 0 aliphatic heterocycles. The van der Waals surface area contributed by atoms with E-state index >= 15 is 0 Å². The fourth-order valence-electron chi connectivity index (χ4n) is 2.31. The normalized spacial score (nSPS) is 11.9. The summed E-state index contributed by atoms with van der Waals surface area (Å²) in [5.74, 6) is 0.233. The van der Waals surface area contributed by atoms with E-state index in [9.17, 15) is 9.90 Å². The third-order valence-electron chi connectivity index (χ3n) is 3.70. The lowest BCUT2D eigenvalue weighted by atomic mass is 10.2. The monoisotopic (exact) mass is 368 g/mol. The summed E-state index contributed by atoms with van der Waals surface area (Å²) >= 11 is 1.11. The number of thioether (sulfide) groups is 1. The molecule has 3 rings (SSSR count). The Morgan fingerprint density at radius 1 is 1.12 bits per heavy atom. The molecule has 0 bridgehead atoms. The summed E-state index contributed by atoms with van der Waals surface area (Å²) in [7, 11) is 0. The molecule has 0 N–H and O–H groups in total. The molecule has 0 saturated carbocycles. The van der Waals surface area contributed by atoms with Gasteiger partial charge in [0.05, 0.1) is 12.5 Å². The van der Waals surface area contributed by atoms with Crippen molar-refractivity contribution in [3.8, 4) is 5.75 Å². The molecule has 0 radical (unpaired) electrons. The van der Waals surface area contributed by atoms with E-state index in [2.05, 4.69) is 10.2 Å². The van der Waals surface area contributed by atoms with Crippen LogP contribution in [0.15, 0.2) is 65.8 Å². The first-order valence-corrected chi connectivity index (χ1v) is 9.03. The Morgan fingerprint density at radius 2 is 1.77 bits per heavy atom. The molecule has 7 heteroatoms. The Hall–Kier alpha value is -2.80. The van der Waals surface area contributed by atoms with Gasteiger partial charge in [0.1, 0.15) is 12.4 Å². The molecule has 2 aromatic carbocycles. The minimum absolute atomic E-state index is 0.240. The van der Waals surface area contributed by atoms with Crippen LogP contribution in [-0.2, 0) is 17.9 Å². The summed E-state index contributed by atoms with van der Waals surface area (Å²) in [4.78, 5) is 11.1. The van der Waals surface area contributed by atoms with Gasteiger partial charge in [-0.25, -0.2) is 0 Å². The molecule has 0 amide bonds. The fourth-order valence-corrected chi connectivity index (χ4v) is 3.11. The summed E-state index contributed by atoms with van der Waals surface area (Å²) < 4.78 is 7.65. The molecular formula is C19H18N3O3S-. The summed E-state index contributed by atoms with van der Waals surface area (Å²) in [5, 5.41) is 19.2. The van der Waals surface area contributed by atoms with Crippen molar-refractivity contribution in [1.82, 2.24) is 14.8 Å². The van der Waals surface area contributed by atoms with Gasteiger partial charge in [0, 0.05) is 5.25 Å². The van der Waals surface area contributed by atoms with Gasteiger partial charge < -0.3 is 14.6 Å². The van der Waals surface area contributed by atoms with Crippen LogP contribution < -0.4 is 9.84 Å². The predicted octanol–water partition coefficient (Wildman–Crippen LogP) is 2.14. The van der Waals surface area contributed by atoms with Crippen molar-refractivity contribution in [2.45, 2.75) is 30.5 Å². The maximum Gasteiger partial charge on any atom is 0.192 e. The molecule has 0 fully saturated rings. The van der Waals surface area contributed by atoms with Gasteiger partial charge in [-0.3, -0.25) is 4.57 Å². The number of ether oxygens (including phenoxy) is 1. The third kappa shape index (κ3) is 4.64. The number of aromatic nitrogens is 3. The summed E-state index contributed by atoms with van der Waals surface area (Å²) in [5.41, 5.74) is 1.07. The third-order valence-corrected chi connectivity index (χ3v) is 4.76. The van der Waals surface area contributed by atoms with Gasteiger partial charge in [-0.1, -0.05) is 60.3 Å². The lowest BCUT2D eigenvalue weighted by Crippen LogP contribution is -2.31. The van der Waals surface area contributed by atoms with Crippen molar-refractivity contribution in [3.63, 3.8) is 0 Å². The highest BCUT2D eigenvalue weighted by atomic mass is 32.2. The zero-order valence-electron chi connectivity index (χ0n) is 14.2. The van der Waals surface area contributed by atoms with Crippen LogP contribution in [0.25, 0.3) is 0 Å². The van der Waals surface area contributed by atoms with Crippen molar-refractivity contribution in [2.24, 2.45) is 0 Å². The zero-order chi connectivity index (χ0) is 18.4. The molecule has 0 aliphatic carbocycles. The average molecular weight is 368 g/mol. The molecule has 134 valence electrons. The number of benzene rings is 2. The highest BCUT2D eigenvalue weighted by molar-refractivity contribution is 8.00. The summed E-state index contributed by atoms with van der Waals surface area (Å²) in [6, 6.07) is 19.3. The maximum absolute atomic E-state index is 11.1. The van der Waals surface area contributed by atoms with E-state index in [1.807, 2.05) is 65.2 Å². The average Bonchev–Trinajstić information content (AvgIpc) is 3.03. The second-order valence-electron chi connectivity index (χ2n) is 5.65. The van der Waals surface area contributed by atoms with Gasteiger partial charge in [0.2, 0.25) is 0 Å². The topological polar surface area (TPSA) is 80.1 Å². The quantitative estimate of drug-likeness (QED) is 0.567. The Bertz CT molecular complexity index is 853. The first-order valence-electron chi connectivity index (χ1n) is 8.15. The van der Waals surface area contributed by atoms with Crippen molar-refractivity contribution < 1.29 is 14.6 Å². The Balaban J connectivity index is 1.83. The van der Waals surface area contributed by atoms with Crippen LogP contribution in [0.2, 0.25) is 0 Å². The predicted molar refractivity (Wildman–Crippen MR) is 96.7 cm³/mol. The van der Waals surface area contributed by atoms with Crippen LogP contribution in [0.1, 0.15) is 18.3 Å². The van der Waals surface area contributed by atoms with Gasteiger partial charge in [0.25, 0.3) is 0 Å². The highest BCUT2D eigenvalue weighted by Crippen LogP contribution is 2.23. The maximum atomic E-state index is 11.1. The number of carbonyl (C=O) groups is 1. The minimum atomic E-state index is -1.13. The summed E-state index contributed by atoms with van der Waals surface area (Å²) in [6.07, 6.45) is 0. The lowest BCUT2D eigenvalue weighted by molar-refractivity contribution is -0.304. The van der Waals surface area contributed by atoms with Crippen LogP contribution in [0.4, 0.5) is 0 Å². The molecule has 6 nitrogen and oxygen atoms in total. The van der Waals surface area contributed by atoms with Crippen LogP contribution in [0.3, 0.4) is 0 Å². The highest BCUT2D eigenvalue weighted by Gasteiger charge is 2.17. The van der Waals surface area contributed by atoms with Gasteiger partial charge >= 0.3 is 0 Å². The van der Waals surface area contributed by atoms with Crippen LogP contribution in [0.5, 0.6) is 5.75 Å². The number of nitrogens with zero attached hydrogens (tertiary/aromatic N) is 3.